The van der Waals surface area contributed by atoms with Crippen LogP contribution in [0.1, 0.15) is 22.3 Å². The van der Waals surface area contributed by atoms with Crippen LogP contribution < -0.4 is 10.1 Å². The number of carbonyl (C=O) groups is 2. The summed E-state index contributed by atoms with van der Waals surface area (Å²) in [5.74, 6) is -0.699. The lowest BCUT2D eigenvalue weighted by Gasteiger charge is -2.09. The van der Waals surface area contributed by atoms with Gasteiger partial charge in [0, 0.05) is 18.2 Å². The summed E-state index contributed by atoms with van der Waals surface area (Å²) in [4.78, 5) is 24.2. The first-order chi connectivity index (χ1) is 13.1. The number of nitrogens with one attached hydrogen (secondary N) is 1. The number of rotatable bonds is 6. The molecular weight excluding hydrogens is 342 g/mol. The smallest absolute Gasteiger partial charge is 0.347 e. The number of esters is 1. The first-order valence-corrected chi connectivity index (χ1v) is 8.56. The molecule has 0 atom stereocenters. The van der Waals surface area contributed by atoms with Gasteiger partial charge in [-0.15, -0.1) is 0 Å². The maximum atomic E-state index is 12.2. The van der Waals surface area contributed by atoms with Gasteiger partial charge in [-0.1, -0.05) is 48.5 Å². The Bertz CT molecular complexity index is 924. The average Bonchev–Trinajstić information content (AvgIpc) is 2.68. The van der Waals surface area contributed by atoms with E-state index >= 15 is 0 Å². The van der Waals surface area contributed by atoms with Gasteiger partial charge in [-0.05, 0) is 36.2 Å². The van der Waals surface area contributed by atoms with Gasteiger partial charge in [-0.3, -0.25) is 4.79 Å². The van der Waals surface area contributed by atoms with E-state index < -0.39 is 5.97 Å². The predicted octanol–water partition coefficient (Wildman–Crippen LogP) is 4.18. The van der Waals surface area contributed by atoms with Crippen LogP contribution in [0.5, 0.6) is 11.5 Å². The second-order valence-electron chi connectivity index (χ2n) is 5.97. The van der Waals surface area contributed by atoms with E-state index in [1.165, 1.54) is 12.1 Å². The maximum Gasteiger partial charge on any atom is 0.347 e. The van der Waals surface area contributed by atoms with Crippen LogP contribution in [0.15, 0.2) is 78.9 Å². The third kappa shape index (κ3) is 5.19. The van der Waals surface area contributed by atoms with Crippen LogP contribution >= 0.6 is 0 Å². The SMILES string of the molecule is O=C(CCc1ccccc1)Nc1ccc(C(=O)Oc2ccccc2)c(O)c1. The highest BCUT2D eigenvalue weighted by atomic mass is 16.5. The van der Waals surface area contributed by atoms with Crippen LogP contribution in [-0.2, 0) is 11.2 Å². The highest BCUT2D eigenvalue weighted by Crippen LogP contribution is 2.24. The lowest BCUT2D eigenvalue weighted by molar-refractivity contribution is -0.116. The lowest BCUT2D eigenvalue weighted by Crippen LogP contribution is -2.13. The summed E-state index contributed by atoms with van der Waals surface area (Å²) < 4.78 is 5.20. The number of carbonyl (C=O) groups excluding carboxylic acids is 2. The van der Waals surface area contributed by atoms with Crippen molar-refractivity contribution in [3.63, 3.8) is 0 Å². The number of ether oxygens (including phenoxy) is 1. The Morgan fingerprint density at radius 3 is 2.22 bits per heavy atom. The van der Waals surface area contributed by atoms with E-state index in [1.54, 1.807) is 30.3 Å². The van der Waals surface area contributed by atoms with Gasteiger partial charge in [0.15, 0.2) is 0 Å². The van der Waals surface area contributed by atoms with Gasteiger partial charge in [-0.2, -0.15) is 0 Å². The summed E-state index contributed by atoms with van der Waals surface area (Å²) in [5, 5.41) is 12.8. The number of hydrogen-bond donors (Lipinski definition) is 2. The van der Waals surface area contributed by atoms with Crippen molar-refractivity contribution in [2.45, 2.75) is 12.8 Å². The van der Waals surface area contributed by atoms with E-state index in [1.807, 2.05) is 36.4 Å². The van der Waals surface area contributed by atoms with Gasteiger partial charge in [0.25, 0.3) is 0 Å². The van der Waals surface area contributed by atoms with Crippen molar-refractivity contribution in [1.29, 1.82) is 0 Å². The molecule has 3 aromatic rings. The van der Waals surface area contributed by atoms with Crippen molar-refractivity contribution in [3.8, 4) is 11.5 Å². The third-order valence-electron chi connectivity index (χ3n) is 3.94. The average molecular weight is 361 g/mol. The van der Waals surface area contributed by atoms with Crippen LogP contribution in [0.2, 0.25) is 0 Å². The molecule has 3 aromatic carbocycles. The second kappa shape index (κ2) is 8.67. The van der Waals surface area contributed by atoms with Gasteiger partial charge in [0.1, 0.15) is 17.1 Å². The molecule has 1 amide bonds. The predicted molar refractivity (Wildman–Crippen MR) is 103 cm³/mol. The number of phenols is 1. The number of hydrogen-bond acceptors (Lipinski definition) is 4. The van der Waals surface area contributed by atoms with Crippen molar-refractivity contribution in [1.82, 2.24) is 0 Å². The fraction of sp³-hybridized carbons (Fsp3) is 0.0909. The van der Waals surface area contributed by atoms with Crippen molar-refractivity contribution in [2.75, 3.05) is 5.32 Å². The highest BCUT2D eigenvalue weighted by molar-refractivity contribution is 5.96. The molecule has 0 aliphatic carbocycles. The van der Waals surface area contributed by atoms with Gasteiger partial charge in [0.05, 0.1) is 0 Å². The minimum Gasteiger partial charge on any atom is -0.507 e. The Labute approximate surface area is 157 Å². The molecular formula is C22H19NO4. The molecule has 0 bridgehead atoms. The van der Waals surface area contributed by atoms with E-state index in [9.17, 15) is 14.7 Å². The number of aromatic hydroxyl groups is 1. The van der Waals surface area contributed by atoms with Crippen molar-refractivity contribution in [3.05, 3.63) is 90.0 Å². The number of aryl methyl sites for hydroxylation is 1. The molecule has 0 aromatic heterocycles. The fourth-order valence-electron chi connectivity index (χ4n) is 2.56. The number of anilines is 1. The summed E-state index contributed by atoms with van der Waals surface area (Å²) in [6.07, 6.45) is 0.947. The van der Waals surface area contributed by atoms with Crippen LogP contribution in [0.25, 0.3) is 0 Å². The number of amides is 1. The molecule has 27 heavy (non-hydrogen) atoms. The monoisotopic (exact) mass is 361 g/mol. The molecule has 3 rings (SSSR count). The number of para-hydroxylation sites is 1. The van der Waals surface area contributed by atoms with E-state index in [4.69, 9.17) is 4.74 Å². The first-order valence-electron chi connectivity index (χ1n) is 8.56. The summed E-state index contributed by atoms with van der Waals surface area (Å²) in [6.45, 7) is 0. The lowest BCUT2D eigenvalue weighted by atomic mass is 10.1. The molecule has 0 spiro atoms. The van der Waals surface area contributed by atoms with Crippen molar-refractivity contribution < 1.29 is 19.4 Å². The van der Waals surface area contributed by atoms with E-state index in [-0.39, 0.29) is 17.2 Å². The quantitative estimate of drug-likeness (QED) is 0.510. The van der Waals surface area contributed by atoms with Gasteiger partial charge in [-0.25, -0.2) is 4.79 Å². The molecule has 0 unspecified atom stereocenters. The number of phenolic OH excluding ortho intramolecular Hbond substituents is 1. The topological polar surface area (TPSA) is 75.6 Å². The summed E-state index contributed by atoms with van der Waals surface area (Å²) >= 11 is 0. The maximum absolute atomic E-state index is 12.2. The van der Waals surface area contributed by atoms with Crippen LogP contribution in [-0.4, -0.2) is 17.0 Å². The largest absolute Gasteiger partial charge is 0.507 e. The normalized spacial score (nSPS) is 10.2. The molecule has 5 heteroatoms. The standard InChI is InChI=1S/C22H19NO4/c24-20-15-17(23-21(25)14-11-16-7-3-1-4-8-16)12-13-19(20)22(26)27-18-9-5-2-6-10-18/h1-10,12-13,15,24H,11,14H2,(H,23,25). The summed E-state index contributed by atoms with van der Waals surface area (Å²) in [6, 6.07) is 22.6. The highest BCUT2D eigenvalue weighted by Gasteiger charge is 2.15. The molecule has 136 valence electrons. The minimum atomic E-state index is -0.666. The van der Waals surface area contributed by atoms with Crippen molar-refractivity contribution in [2.24, 2.45) is 0 Å². The molecule has 0 fully saturated rings. The van der Waals surface area contributed by atoms with Crippen LogP contribution in [0.4, 0.5) is 5.69 Å². The number of benzene rings is 3. The van der Waals surface area contributed by atoms with Crippen LogP contribution in [0.3, 0.4) is 0 Å². The molecule has 0 aliphatic heterocycles. The van der Waals surface area contributed by atoms with Crippen LogP contribution in [0, 0.1) is 0 Å². The second-order valence-corrected chi connectivity index (χ2v) is 5.97. The molecule has 0 radical (unpaired) electrons. The van der Waals surface area contributed by atoms with Gasteiger partial charge < -0.3 is 15.2 Å². The summed E-state index contributed by atoms with van der Waals surface area (Å²) in [7, 11) is 0. The molecule has 0 heterocycles. The minimum absolute atomic E-state index is 0.0288. The Kier molecular flexibility index (Phi) is 5.84. The van der Waals surface area contributed by atoms with E-state index in [2.05, 4.69) is 5.32 Å². The molecule has 0 saturated heterocycles. The molecule has 5 nitrogen and oxygen atoms in total. The molecule has 0 aliphatic rings. The summed E-state index contributed by atoms with van der Waals surface area (Å²) in [5.41, 5.74) is 1.53. The Balaban J connectivity index is 1.59. The van der Waals surface area contributed by atoms with E-state index in [0.29, 0.717) is 24.3 Å². The Morgan fingerprint density at radius 2 is 1.56 bits per heavy atom. The molecule has 2 N–H and O–H groups in total. The fourth-order valence-corrected chi connectivity index (χ4v) is 2.56. The van der Waals surface area contributed by atoms with Crippen molar-refractivity contribution >= 4 is 17.6 Å². The third-order valence-corrected chi connectivity index (χ3v) is 3.94. The first kappa shape index (κ1) is 18.2. The molecule has 0 saturated carbocycles. The van der Waals surface area contributed by atoms with Gasteiger partial charge >= 0.3 is 5.97 Å². The Hall–Kier alpha value is -3.60. The van der Waals surface area contributed by atoms with Gasteiger partial charge in [0.2, 0.25) is 5.91 Å². The zero-order valence-electron chi connectivity index (χ0n) is 14.6. The zero-order chi connectivity index (χ0) is 19.1. The van der Waals surface area contributed by atoms with E-state index in [0.717, 1.165) is 5.56 Å². The Morgan fingerprint density at radius 1 is 0.889 bits per heavy atom. The zero-order valence-corrected chi connectivity index (χ0v) is 14.6.